The fourth-order valence-corrected chi connectivity index (χ4v) is 9.64. The summed E-state index contributed by atoms with van der Waals surface area (Å²) in [4.78, 5) is 61.9. The van der Waals surface area contributed by atoms with Gasteiger partial charge in [0.2, 0.25) is 27.7 Å². The summed E-state index contributed by atoms with van der Waals surface area (Å²) in [6.07, 6.45) is 9.95. The summed E-state index contributed by atoms with van der Waals surface area (Å²) in [5.41, 5.74) is -0.665. The van der Waals surface area contributed by atoms with Crippen LogP contribution >= 0.6 is 0 Å². The van der Waals surface area contributed by atoms with Crippen molar-refractivity contribution in [2.75, 3.05) is 13.2 Å². The number of sulfonamides is 1. The minimum atomic E-state index is -3.88. The van der Waals surface area contributed by atoms with Crippen molar-refractivity contribution in [3.8, 4) is 5.88 Å². The van der Waals surface area contributed by atoms with Crippen LogP contribution in [0.2, 0.25) is 0 Å². The van der Waals surface area contributed by atoms with Crippen molar-refractivity contribution in [2.45, 2.75) is 120 Å². The molecule has 0 spiro atoms. The van der Waals surface area contributed by atoms with Gasteiger partial charge >= 0.3 is 6.09 Å². The zero-order valence-corrected chi connectivity index (χ0v) is 31.4. The number of carbonyl (C=O) groups excluding carboxylic acids is 4. The summed E-state index contributed by atoms with van der Waals surface area (Å²) in [5, 5.41) is 6.88. The predicted octanol–water partition coefficient (Wildman–Crippen LogP) is 4.29. The van der Waals surface area contributed by atoms with Crippen LogP contribution in [-0.4, -0.2) is 84.2 Å². The first kappa shape index (κ1) is 37.1. The maximum atomic E-state index is 14.7. The van der Waals surface area contributed by atoms with Crippen LogP contribution in [0.3, 0.4) is 0 Å². The molecule has 4 fully saturated rings. The minimum Gasteiger partial charge on any atom is -0.472 e. The Hall–Kier alpha value is -4.20. The lowest BCUT2D eigenvalue weighted by Gasteiger charge is -2.32. The molecule has 3 saturated carbocycles. The van der Waals surface area contributed by atoms with E-state index < -0.39 is 68.7 Å². The molecule has 3 aliphatic carbocycles. The van der Waals surface area contributed by atoms with Crippen molar-refractivity contribution in [2.24, 2.45) is 17.3 Å². The zero-order valence-electron chi connectivity index (χ0n) is 30.6. The van der Waals surface area contributed by atoms with Crippen molar-refractivity contribution < 1.29 is 37.1 Å². The van der Waals surface area contributed by atoms with Gasteiger partial charge in [0.05, 0.1) is 18.4 Å². The van der Waals surface area contributed by atoms with E-state index in [-0.39, 0.29) is 37.3 Å². The summed E-state index contributed by atoms with van der Waals surface area (Å²) in [5.74, 6) is -2.12. The topological polar surface area (TPSA) is 173 Å². The Kier molecular flexibility index (Phi) is 10.2. The molecule has 14 heteroatoms. The summed E-state index contributed by atoms with van der Waals surface area (Å²) in [7, 11) is -3.88. The Bertz CT molecular complexity index is 1890. The van der Waals surface area contributed by atoms with Gasteiger partial charge in [-0.1, -0.05) is 51.3 Å². The number of rotatable bonds is 7. The Labute approximate surface area is 311 Å². The van der Waals surface area contributed by atoms with E-state index in [2.05, 4.69) is 52.9 Å². The van der Waals surface area contributed by atoms with Gasteiger partial charge in [-0.2, -0.15) is 0 Å². The predicted molar refractivity (Wildman–Crippen MR) is 197 cm³/mol. The molecule has 5 atom stereocenters. The Morgan fingerprint density at radius 1 is 1.08 bits per heavy atom. The monoisotopic (exact) mass is 749 g/mol. The highest BCUT2D eigenvalue weighted by atomic mass is 32.2. The van der Waals surface area contributed by atoms with E-state index in [0.717, 1.165) is 67.7 Å². The molecule has 7 rings (SSSR count). The van der Waals surface area contributed by atoms with Gasteiger partial charge in [-0.25, -0.2) is 18.2 Å². The highest BCUT2D eigenvalue weighted by molar-refractivity contribution is 7.91. The molecule has 1 saturated heterocycles. The highest BCUT2D eigenvalue weighted by Crippen LogP contribution is 2.45. The van der Waals surface area contributed by atoms with Crippen molar-refractivity contribution in [3.63, 3.8) is 0 Å². The van der Waals surface area contributed by atoms with Crippen LogP contribution in [0, 0.1) is 17.3 Å². The second-order valence-electron chi connectivity index (χ2n) is 16.5. The molecular weight excluding hydrogens is 699 g/mol. The fourth-order valence-electron chi connectivity index (χ4n) is 8.28. The van der Waals surface area contributed by atoms with Gasteiger partial charge in [-0.05, 0) is 85.8 Å². The van der Waals surface area contributed by atoms with Gasteiger partial charge in [0.25, 0.3) is 5.91 Å². The number of nitrogens with one attached hydrogen (secondary N) is 3. The summed E-state index contributed by atoms with van der Waals surface area (Å²) in [6.45, 7) is 8.14. The van der Waals surface area contributed by atoms with Crippen molar-refractivity contribution in [1.82, 2.24) is 25.2 Å². The summed E-state index contributed by atoms with van der Waals surface area (Å²) in [6, 6.07) is 6.12. The molecule has 1 unspecified atom stereocenters. The molecule has 0 radical (unpaired) electrons. The molecule has 3 heterocycles. The average molecular weight is 750 g/mol. The van der Waals surface area contributed by atoms with Gasteiger partial charge in [-0.15, -0.1) is 6.58 Å². The molecule has 1 aromatic heterocycles. The van der Waals surface area contributed by atoms with Crippen molar-refractivity contribution >= 4 is 44.6 Å². The van der Waals surface area contributed by atoms with Crippen molar-refractivity contribution in [1.29, 1.82) is 0 Å². The maximum Gasteiger partial charge on any atom is 0.407 e. The van der Waals surface area contributed by atoms with Crippen LogP contribution in [0.15, 0.2) is 43.1 Å². The standard InChI is InChI=1S/C39H51N5O8S/c1-4-27-21-39(27,36(47)43-53(49,50)29-14-15-29)42-33(45)31-20-28-22-44(31)35(46)32(26-10-5-6-11-26)41-37(48)51-23-38(2,3)17-8-7-9-24-12-13-25-16-18-40-34(52-28)30(25)19-24/h4,12-13,16,18-19,26-29,31-32H,1,5-11,14-15,17,20-23H2,2-3H3,(H,41,48)(H,42,45)(H,43,47)/t27-,28-,31+,32+,39?/m1/s1. The van der Waals surface area contributed by atoms with Gasteiger partial charge < -0.3 is 25.0 Å². The van der Waals surface area contributed by atoms with Crippen molar-refractivity contribution in [3.05, 3.63) is 48.7 Å². The lowest BCUT2D eigenvalue weighted by molar-refractivity contribution is -0.142. The number of alkyl carbamates (subject to hydrolysis) is 1. The highest BCUT2D eigenvalue weighted by Gasteiger charge is 2.62. The lowest BCUT2D eigenvalue weighted by atomic mass is 9.87. The zero-order chi connectivity index (χ0) is 37.5. The molecule has 13 nitrogen and oxygen atoms in total. The largest absolute Gasteiger partial charge is 0.472 e. The smallest absolute Gasteiger partial charge is 0.407 e. The maximum absolute atomic E-state index is 14.7. The van der Waals surface area contributed by atoms with Gasteiger partial charge in [0, 0.05) is 23.9 Å². The number of nitrogens with zero attached hydrogens (tertiary/aromatic N) is 2. The lowest BCUT2D eigenvalue weighted by Crippen LogP contribution is -2.59. The van der Waals surface area contributed by atoms with E-state index in [9.17, 15) is 27.6 Å². The number of fused-ring (bicyclic) bond motifs is 3. The number of benzene rings is 1. The molecule has 2 aromatic rings. The molecule has 4 bridgehead atoms. The first-order valence-electron chi connectivity index (χ1n) is 19.1. The molecule has 2 aliphatic heterocycles. The van der Waals surface area contributed by atoms with Gasteiger partial charge in [0.15, 0.2) is 0 Å². The Balaban J connectivity index is 1.21. The molecule has 5 aliphatic rings. The van der Waals surface area contributed by atoms with E-state index in [1.54, 1.807) is 6.20 Å². The number of pyridine rings is 1. The van der Waals surface area contributed by atoms with E-state index in [1.807, 2.05) is 12.1 Å². The molecule has 286 valence electrons. The first-order valence-corrected chi connectivity index (χ1v) is 20.6. The van der Waals surface area contributed by atoms with Gasteiger partial charge in [-0.3, -0.25) is 19.1 Å². The number of aryl methyl sites for hydroxylation is 1. The molecule has 3 N–H and O–H groups in total. The third-order valence-electron chi connectivity index (χ3n) is 11.7. The Morgan fingerprint density at radius 2 is 1.85 bits per heavy atom. The van der Waals surface area contributed by atoms with Crippen LogP contribution in [0.25, 0.3) is 10.8 Å². The van der Waals surface area contributed by atoms with Crippen LogP contribution in [0.5, 0.6) is 5.88 Å². The third-order valence-corrected chi connectivity index (χ3v) is 13.6. The SMILES string of the molecule is C=C[C@@H]1CC1(NC(=O)[C@@H]1C[C@@H]2CN1C(=O)[C@H](C1CCCC1)NC(=O)OCC(C)(C)CCCCc1ccc3ccnc(c3c1)O2)C(=O)NS(=O)(=O)C1CC1. The quantitative estimate of drug-likeness (QED) is 0.349. The van der Waals surface area contributed by atoms with E-state index in [1.165, 1.54) is 11.0 Å². The average Bonchev–Trinajstić information content (AvgIpc) is 4.00. The van der Waals surface area contributed by atoms with Crippen LogP contribution < -0.4 is 20.1 Å². The number of carbonyl (C=O) groups is 4. The molecule has 1 aromatic carbocycles. The normalized spacial score (nSPS) is 29.6. The molecule has 4 amide bonds. The van der Waals surface area contributed by atoms with E-state index >= 15 is 0 Å². The van der Waals surface area contributed by atoms with Crippen LogP contribution in [0.4, 0.5) is 4.79 Å². The number of hydrogen-bond acceptors (Lipinski definition) is 9. The van der Waals surface area contributed by atoms with Crippen LogP contribution in [-0.2, 0) is 35.6 Å². The Morgan fingerprint density at radius 3 is 2.57 bits per heavy atom. The molecule has 53 heavy (non-hydrogen) atoms. The van der Waals surface area contributed by atoms with Gasteiger partial charge in [0.1, 0.15) is 23.7 Å². The number of amides is 4. The first-order chi connectivity index (χ1) is 25.3. The summed E-state index contributed by atoms with van der Waals surface area (Å²) >= 11 is 0. The summed E-state index contributed by atoms with van der Waals surface area (Å²) < 4.78 is 39.9. The number of cyclic esters (lactones) is 1. The number of aromatic nitrogens is 1. The van der Waals surface area contributed by atoms with Crippen LogP contribution in [0.1, 0.15) is 90.0 Å². The number of hydrogen-bond donors (Lipinski definition) is 3. The second-order valence-corrected chi connectivity index (χ2v) is 18.4. The fraction of sp³-hybridized carbons (Fsp3) is 0.615. The van der Waals surface area contributed by atoms with E-state index in [4.69, 9.17) is 9.47 Å². The minimum absolute atomic E-state index is 0.0296. The second kappa shape index (κ2) is 14.6. The molecular formula is C39H51N5O8S. The third kappa shape index (κ3) is 8.02. The number of ether oxygens (including phenoxy) is 2. The van der Waals surface area contributed by atoms with E-state index in [0.29, 0.717) is 18.7 Å².